The second kappa shape index (κ2) is 8.20. The van der Waals surface area contributed by atoms with Crippen LogP contribution in [0.5, 0.6) is 0 Å². The highest BCUT2D eigenvalue weighted by atomic mass is 16.6. The van der Waals surface area contributed by atoms with Gasteiger partial charge in [0.25, 0.3) is 5.69 Å². The fourth-order valence-corrected chi connectivity index (χ4v) is 3.51. The van der Waals surface area contributed by atoms with Gasteiger partial charge in [-0.25, -0.2) is 0 Å². The van der Waals surface area contributed by atoms with E-state index >= 15 is 0 Å². The molecule has 0 atom stereocenters. The Morgan fingerprint density at radius 1 is 0.968 bits per heavy atom. The molecule has 4 rings (SSSR count). The molecule has 31 heavy (non-hydrogen) atoms. The molecule has 0 amide bonds. The van der Waals surface area contributed by atoms with Gasteiger partial charge in [0.1, 0.15) is 0 Å². The van der Waals surface area contributed by atoms with Crippen LogP contribution in [0.4, 0.5) is 5.69 Å². The molecule has 0 unspecified atom stereocenters. The first kappa shape index (κ1) is 20.0. The van der Waals surface area contributed by atoms with Crippen molar-refractivity contribution >= 4 is 28.8 Å². The minimum absolute atomic E-state index is 0.0120. The first-order valence-electron chi connectivity index (χ1n) is 9.63. The third kappa shape index (κ3) is 3.91. The summed E-state index contributed by atoms with van der Waals surface area (Å²) >= 11 is 0. The monoisotopic (exact) mass is 410 g/mol. The van der Waals surface area contributed by atoms with Gasteiger partial charge in [-0.2, -0.15) is 0 Å². The van der Waals surface area contributed by atoms with Crippen molar-refractivity contribution in [2.24, 2.45) is 0 Å². The van der Waals surface area contributed by atoms with E-state index in [1.165, 1.54) is 18.2 Å². The number of nitro groups is 1. The minimum atomic E-state index is -0.472. The van der Waals surface area contributed by atoms with Crippen LogP contribution in [0.1, 0.15) is 37.5 Å². The molecule has 0 aliphatic heterocycles. The van der Waals surface area contributed by atoms with E-state index in [2.05, 4.69) is 0 Å². The zero-order valence-corrected chi connectivity index (χ0v) is 16.7. The van der Waals surface area contributed by atoms with E-state index in [0.717, 1.165) is 5.52 Å². The largest absolute Gasteiger partial charge is 0.313 e. The molecule has 0 fully saturated rings. The number of pyridine rings is 1. The number of aromatic nitrogens is 1. The molecule has 0 bridgehead atoms. The lowest BCUT2D eigenvalue weighted by molar-refractivity contribution is -0.384. The highest BCUT2D eigenvalue weighted by Gasteiger charge is 2.20. The van der Waals surface area contributed by atoms with Gasteiger partial charge in [-0.3, -0.25) is 19.7 Å². The van der Waals surface area contributed by atoms with Gasteiger partial charge in [-0.15, -0.1) is 0 Å². The Bertz CT molecular complexity index is 1330. The first-order chi connectivity index (χ1) is 15.0. The van der Waals surface area contributed by atoms with Gasteiger partial charge in [-0.05, 0) is 54.5 Å². The topological polar surface area (TPSA) is 81.7 Å². The standard InChI is InChI=1S/C25H18N2O4/c1-17-22(23(28)14-11-18-9-12-20(13-10-18)27(30)31)16-21-8-5-15-26(21)24(17)25(29)19-6-3-2-4-7-19/h2-16H,1H3/b14-11+. The Labute approximate surface area is 178 Å². The molecule has 6 nitrogen and oxygen atoms in total. The third-order valence-electron chi connectivity index (χ3n) is 5.12. The lowest BCUT2D eigenvalue weighted by Gasteiger charge is -2.13. The second-order valence-corrected chi connectivity index (χ2v) is 7.08. The van der Waals surface area contributed by atoms with E-state index < -0.39 is 4.92 Å². The average Bonchev–Trinajstić information content (AvgIpc) is 3.25. The molecular weight excluding hydrogens is 392 g/mol. The molecule has 0 aliphatic rings. The molecule has 0 radical (unpaired) electrons. The number of fused-ring (bicyclic) bond motifs is 1. The number of carbonyl (C=O) groups excluding carboxylic acids is 2. The molecule has 4 aromatic rings. The number of allylic oxidation sites excluding steroid dienone is 1. The number of nitro benzene ring substituents is 1. The van der Waals surface area contributed by atoms with Crippen LogP contribution in [-0.4, -0.2) is 20.9 Å². The summed E-state index contributed by atoms with van der Waals surface area (Å²) in [5.41, 5.74) is 3.42. The molecule has 2 heterocycles. The summed E-state index contributed by atoms with van der Waals surface area (Å²) in [6.45, 7) is 1.77. The van der Waals surface area contributed by atoms with Crippen molar-refractivity contribution < 1.29 is 14.5 Å². The van der Waals surface area contributed by atoms with E-state index in [0.29, 0.717) is 27.9 Å². The number of non-ortho nitro benzene ring substituents is 1. The lowest BCUT2D eigenvalue weighted by atomic mass is 9.97. The first-order valence-corrected chi connectivity index (χ1v) is 9.63. The van der Waals surface area contributed by atoms with E-state index in [-0.39, 0.29) is 17.3 Å². The molecule has 0 N–H and O–H groups in total. The summed E-state index contributed by atoms with van der Waals surface area (Å²) in [7, 11) is 0. The lowest BCUT2D eigenvalue weighted by Crippen LogP contribution is -2.13. The molecule has 6 heteroatoms. The van der Waals surface area contributed by atoms with Crippen molar-refractivity contribution in [1.82, 2.24) is 4.40 Å². The SMILES string of the molecule is Cc1c(C(=O)/C=C/c2ccc([N+](=O)[O-])cc2)cc2cccn2c1C(=O)c1ccccc1. The van der Waals surface area contributed by atoms with Gasteiger partial charge < -0.3 is 4.40 Å². The van der Waals surface area contributed by atoms with Crippen LogP contribution in [0.15, 0.2) is 85.1 Å². The number of benzene rings is 2. The quantitative estimate of drug-likeness (QED) is 0.187. The highest BCUT2D eigenvalue weighted by molar-refractivity contribution is 6.14. The molecule has 2 aromatic heterocycles. The summed E-state index contributed by atoms with van der Waals surface area (Å²) in [6.07, 6.45) is 4.83. The van der Waals surface area contributed by atoms with Crippen LogP contribution >= 0.6 is 0 Å². The normalized spacial score (nSPS) is 11.1. The van der Waals surface area contributed by atoms with Gasteiger partial charge in [0.15, 0.2) is 5.78 Å². The maximum Gasteiger partial charge on any atom is 0.269 e. The van der Waals surface area contributed by atoms with Crippen LogP contribution in [0, 0.1) is 17.0 Å². The van der Waals surface area contributed by atoms with Crippen LogP contribution in [0.2, 0.25) is 0 Å². The van der Waals surface area contributed by atoms with Gasteiger partial charge in [0.05, 0.1) is 10.6 Å². The molecule has 0 aliphatic carbocycles. The summed E-state index contributed by atoms with van der Waals surface area (Å²) in [6, 6.07) is 20.3. The van der Waals surface area contributed by atoms with Crippen molar-refractivity contribution in [2.45, 2.75) is 6.92 Å². The number of hydrogen-bond acceptors (Lipinski definition) is 4. The zero-order valence-electron chi connectivity index (χ0n) is 16.7. The van der Waals surface area contributed by atoms with Crippen molar-refractivity contribution in [1.29, 1.82) is 0 Å². The fourth-order valence-electron chi connectivity index (χ4n) is 3.51. The van der Waals surface area contributed by atoms with Crippen LogP contribution < -0.4 is 0 Å². The zero-order chi connectivity index (χ0) is 22.0. The highest BCUT2D eigenvalue weighted by Crippen LogP contribution is 2.23. The number of hydrogen-bond donors (Lipinski definition) is 0. The molecule has 2 aromatic carbocycles. The Morgan fingerprint density at radius 3 is 2.35 bits per heavy atom. The number of rotatable bonds is 6. The average molecular weight is 410 g/mol. The fraction of sp³-hybridized carbons (Fsp3) is 0.0400. The summed E-state index contributed by atoms with van der Waals surface area (Å²) in [4.78, 5) is 36.5. The summed E-state index contributed by atoms with van der Waals surface area (Å²) in [5.74, 6) is -0.407. The molecule has 0 saturated heterocycles. The maximum absolute atomic E-state index is 13.2. The Balaban J connectivity index is 1.72. The third-order valence-corrected chi connectivity index (χ3v) is 5.12. The minimum Gasteiger partial charge on any atom is -0.313 e. The van der Waals surface area contributed by atoms with Crippen LogP contribution in [0.25, 0.3) is 11.6 Å². The Hall–Kier alpha value is -4.32. The van der Waals surface area contributed by atoms with Gasteiger partial charge in [0.2, 0.25) is 5.78 Å². The van der Waals surface area contributed by atoms with Crippen LogP contribution in [-0.2, 0) is 0 Å². The molecule has 0 saturated carbocycles. The van der Waals surface area contributed by atoms with E-state index in [1.54, 1.807) is 66.1 Å². The van der Waals surface area contributed by atoms with Gasteiger partial charge in [0, 0.05) is 35.0 Å². The van der Waals surface area contributed by atoms with E-state index in [4.69, 9.17) is 0 Å². The van der Waals surface area contributed by atoms with Crippen molar-refractivity contribution in [2.75, 3.05) is 0 Å². The Morgan fingerprint density at radius 2 is 1.68 bits per heavy atom. The smallest absolute Gasteiger partial charge is 0.269 e. The van der Waals surface area contributed by atoms with E-state index in [1.807, 2.05) is 18.2 Å². The van der Waals surface area contributed by atoms with Gasteiger partial charge >= 0.3 is 0 Å². The predicted molar refractivity (Wildman–Crippen MR) is 118 cm³/mol. The number of ketones is 2. The van der Waals surface area contributed by atoms with Crippen molar-refractivity contribution in [3.8, 4) is 0 Å². The van der Waals surface area contributed by atoms with Gasteiger partial charge in [-0.1, -0.05) is 36.4 Å². The molecule has 0 spiro atoms. The molecule has 152 valence electrons. The van der Waals surface area contributed by atoms with Crippen molar-refractivity contribution in [3.63, 3.8) is 0 Å². The number of carbonyl (C=O) groups is 2. The summed E-state index contributed by atoms with van der Waals surface area (Å²) < 4.78 is 1.79. The number of nitrogens with zero attached hydrogens (tertiary/aromatic N) is 2. The van der Waals surface area contributed by atoms with Crippen molar-refractivity contribution in [3.05, 3.63) is 123 Å². The molecular formula is C25H18N2O4. The van der Waals surface area contributed by atoms with Crippen LogP contribution in [0.3, 0.4) is 0 Å². The summed E-state index contributed by atoms with van der Waals surface area (Å²) in [5, 5.41) is 10.8. The Kier molecular flexibility index (Phi) is 5.28. The second-order valence-electron chi connectivity index (χ2n) is 7.08. The predicted octanol–water partition coefficient (Wildman–Crippen LogP) is 5.28. The van der Waals surface area contributed by atoms with E-state index in [9.17, 15) is 19.7 Å². The maximum atomic E-state index is 13.2.